The Hall–Kier alpha value is -2.85. The minimum absolute atomic E-state index is 0.586. The Labute approximate surface area is 179 Å². The Morgan fingerprint density at radius 1 is 1.00 bits per heavy atom. The van der Waals surface area contributed by atoms with Crippen LogP contribution in [0.4, 0.5) is 5.69 Å². The molecule has 1 aliphatic rings. The molecule has 3 heterocycles. The van der Waals surface area contributed by atoms with Crippen molar-refractivity contribution in [2.45, 2.75) is 39.0 Å². The van der Waals surface area contributed by atoms with Gasteiger partial charge in [0.2, 0.25) is 0 Å². The molecule has 1 aliphatic heterocycles. The molecule has 1 fully saturated rings. The molecule has 154 valence electrons. The van der Waals surface area contributed by atoms with Crippen molar-refractivity contribution in [3.63, 3.8) is 0 Å². The van der Waals surface area contributed by atoms with E-state index in [0.717, 1.165) is 36.6 Å². The van der Waals surface area contributed by atoms with Gasteiger partial charge in [-0.05, 0) is 87.8 Å². The smallest absolute Gasteiger partial charge is 0.0812 e. The van der Waals surface area contributed by atoms with Gasteiger partial charge in [0.1, 0.15) is 0 Å². The zero-order chi connectivity index (χ0) is 20.9. The summed E-state index contributed by atoms with van der Waals surface area (Å²) in [6.07, 6.45) is 7.01. The number of nitrogens with zero attached hydrogens (tertiary/aromatic N) is 4. The van der Waals surface area contributed by atoms with Crippen LogP contribution in [0.3, 0.4) is 0 Å². The fourth-order valence-electron chi connectivity index (χ4n) is 4.10. The highest BCUT2D eigenvalue weighted by atomic mass is 15.1. The molecular formula is C26H30N4. The third-order valence-electron chi connectivity index (χ3n) is 5.87. The first-order valence-electron chi connectivity index (χ1n) is 10.8. The van der Waals surface area contributed by atoms with Crippen LogP contribution in [-0.2, 0) is 6.42 Å². The first kappa shape index (κ1) is 20.4. The Morgan fingerprint density at radius 2 is 1.77 bits per heavy atom. The van der Waals surface area contributed by atoms with E-state index in [1.165, 1.54) is 35.2 Å². The molecule has 0 saturated carbocycles. The number of hydrogen-bond acceptors (Lipinski definition) is 4. The zero-order valence-electron chi connectivity index (χ0n) is 18.2. The van der Waals surface area contributed by atoms with Crippen molar-refractivity contribution in [1.82, 2.24) is 14.9 Å². The fourth-order valence-corrected chi connectivity index (χ4v) is 4.10. The Kier molecular flexibility index (Phi) is 6.34. The summed E-state index contributed by atoms with van der Waals surface area (Å²) in [4.78, 5) is 16.2. The van der Waals surface area contributed by atoms with E-state index >= 15 is 0 Å². The third kappa shape index (κ3) is 5.19. The van der Waals surface area contributed by atoms with Gasteiger partial charge in [-0.2, -0.15) is 0 Å². The minimum atomic E-state index is 0.586. The lowest BCUT2D eigenvalue weighted by molar-refractivity contribution is 0.253. The van der Waals surface area contributed by atoms with Crippen LogP contribution in [0.25, 0.3) is 11.1 Å². The van der Waals surface area contributed by atoms with Crippen LogP contribution in [0, 0.1) is 6.92 Å². The van der Waals surface area contributed by atoms with E-state index in [4.69, 9.17) is 9.98 Å². The summed E-state index contributed by atoms with van der Waals surface area (Å²) in [6, 6.07) is 17.2. The van der Waals surface area contributed by atoms with E-state index < -0.39 is 0 Å². The number of hydrogen-bond donors (Lipinski definition) is 0. The maximum atomic E-state index is 4.78. The molecule has 3 aromatic rings. The summed E-state index contributed by atoms with van der Waals surface area (Å²) in [5.41, 5.74) is 7.96. The molecule has 0 aliphatic carbocycles. The Morgan fingerprint density at radius 3 is 2.43 bits per heavy atom. The van der Waals surface area contributed by atoms with Crippen LogP contribution in [0.1, 0.15) is 42.6 Å². The van der Waals surface area contributed by atoms with Crippen LogP contribution in [0.5, 0.6) is 0 Å². The molecule has 30 heavy (non-hydrogen) atoms. The number of benzene rings is 1. The van der Waals surface area contributed by atoms with Gasteiger partial charge >= 0.3 is 0 Å². The highest BCUT2D eigenvalue weighted by molar-refractivity contribution is 5.86. The maximum Gasteiger partial charge on any atom is 0.0812 e. The van der Waals surface area contributed by atoms with Gasteiger partial charge in [0, 0.05) is 35.6 Å². The average Bonchev–Trinajstić information content (AvgIpc) is 2.75. The number of likely N-dealkylation sites (tertiary alicyclic amines) is 1. The number of rotatable bonds is 5. The number of aliphatic imine (C=N–C) groups is 1. The Balaban J connectivity index is 1.39. The van der Waals surface area contributed by atoms with Gasteiger partial charge in [-0.3, -0.25) is 15.0 Å². The molecule has 2 aromatic heterocycles. The predicted molar refractivity (Wildman–Crippen MR) is 125 cm³/mol. The van der Waals surface area contributed by atoms with Gasteiger partial charge in [0.25, 0.3) is 0 Å². The fraction of sp³-hybridized carbons (Fsp3) is 0.346. The molecular weight excluding hydrogens is 368 g/mol. The molecule has 4 rings (SSSR count). The van der Waals surface area contributed by atoms with Crippen LogP contribution < -0.4 is 0 Å². The molecule has 0 N–H and O–H groups in total. The lowest BCUT2D eigenvalue weighted by Crippen LogP contribution is -2.29. The van der Waals surface area contributed by atoms with Gasteiger partial charge in [-0.1, -0.05) is 24.3 Å². The van der Waals surface area contributed by atoms with Crippen molar-refractivity contribution < 1.29 is 0 Å². The summed E-state index contributed by atoms with van der Waals surface area (Å²) >= 11 is 0. The van der Waals surface area contributed by atoms with E-state index in [-0.39, 0.29) is 0 Å². The SMILES string of the molecule is CC(Cc1ccc(-c2ccnc(C)c2)cc1)=Nc1ccc(C2CCN(C)CC2)nc1. The van der Waals surface area contributed by atoms with Gasteiger partial charge in [-0.15, -0.1) is 0 Å². The quantitative estimate of drug-likeness (QED) is 0.526. The van der Waals surface area contributed by atoms with Crippen LogP contribution in [0.15, 0.2) is 65.9 Å². The topological polar surface area (TPSA) is 41.4 Å². The molecule has 0 atom stereocenters. The second kappa shape index (κ2) is 9.31. The average molecular weight is 399 g/mol. The van der Waals surface area contributed by atoms with Gasteiger partial charge in [0.05, 0.1) is 11.9 Å². The lowest BCUT2D eigenvalue weighted by atomic mass is 9.93. The first-order chi connectivity index (χ1) is 14.6. The van der Waals surface area contributed by atoms with Crippen LogP contribution in [-0.4, -0.2) is 40.7 Å². The standard InChI is InChI=1S/C26H30N4/c1-19-17-24(10-13-27-19)22-6-4-21(5-7-22)16-20(2)29-25-8-9-26(28-18-25)23-11-14-30(3)15-12-23/h4-10,13,17-18,23H,11-12,14-16H2,1-3H3. The monoisotopic (exact) mass is 398 g/mol. The highest BCUT2D eigenvalue weighted by Crippen LogP contribution is 2.27. The molecule has 0 bridgehead atoms. The predicted octanol–water partition coefficient (Wildman–Crippen LogP) is 5.60. The molecule has 1 saturated heterocycles. The maximum absolute atomic E-state index is 4.78. The molecule has 0 amide bonds. The van der Waals surface area contributed by atoms with E-state index in [9.17, 15) is 0 Å². The number of pyridine rings is 2. The lowest BCUT2D eigenvalue weighted by Gasteiger charge is -2.28. The molecule has 0 spiro atoms. The van der Waals surface area contributed by atoms with Crippen molar-refractivity contribution >= 4 is 11.4 Å². The van der Waals surface area contributed by atoms with E-state index in [1.807, 2.05) is 19.3 Å². The van der Waals surface area contributed by atoms with Crippen molar-refractivity contribution in [1.29, 1.82) is 0 Å². The Bertz CT molecular complexity index is 998. The largest absolute Gasteiger partial charge is 0.306 e. The second-order valence-corrected chi connectivity index (χ2v) is 8.43. The van der Waals surface area contributed by atoms with E-state index in [0.29, 0.717) is 5.92 Å². The highest BCUT2D eigenvalue weighted by Gasteiger charge is 2.19. The molecule has 0 radical (unpaired) electrons. The number of aromatic nitrogens is 2. The molecule has 4 nitrogen and oxygen atoms in total. The molecule has 1 aromatic carbocycles. The van der Waals surface area contributed by atoms with Crippen molar-refractivity contribution in [3.8, 4) is 11.1 Å². The van der Waals surface area contributed by atoms with Gasteiger partial charge < -0.3 is 4.90 Å². The molecule has 0 unspecified atom stereocenters. The van der Waals surface area contributed by atoms with E-state index in [2.05, 4.69) is 72.4 Å². The van der Waals surface area contributed by atoms with Crippen molar-refractivity contribution in [3.05, 3.63) is 77.9 Å². The zero-order valence-corrected chi connectivity index (χ0v) is 18.2. The summed E-state index contributed by atoms with van der Waals surface area (Å²) < 4.78 is 0. The van der Waals surface area contributed by atoms with Crippen LogP contribution in [0.2, 0.25) is 0 Å². The second-order valence-electron chi connectivity index (χ2n) is 8.43. The van der Waals surface area contributed by atoms with Gasteiger partial charge in [0.15, 0.2) is 0 Å². The summed E-state index contributed by atoms with van der Waals surface area (Å²) in [5.74, 6) is 0.586. The number of piperidine rings is 1. The van der Waals surface area contributed by atoms with Crippen molar-refractivity contribution in [2.75, 3.05) is 20.1 Å². The third-order valence-corrected chi connectivity index (χ3v) is 5.87. The molecule has 4 heteroatoms. The van der Waals surface area contributed by atoms with Gasteiger partial charge in [-0.25, -0.2) is 0 Å². The summed E-state index contributed by atoms with van der Waals surface area (Å²) in [7, 11) is 2.19. The number of aryl methyl sites for hydroxylation is 1. The first-order valence-corrected chi connectivity index (χ1v) is 10.8. The summed E-state index contributed by atoms with van der Waals surface area (Å²) in [6.45, 7) is 6.42. The van der Waals surface area contributed by atoms with Crippen LogP contribution >= 0.6 is 0 Å². The normalized spacial score (nSPS) is 16.0. The minimum Gasteiger partial charge on any atom is -0.306 e. The van der Waals surface area contributed by atoms with Crippen molar-refractivity contribution in [2.24, 2.45) is 4.99 Å². The summed E-state index contributed by atoms with van der Waals surface area (Å²) in [5, 5.41) is 0. The van der Waals surface area contributed by atoms with E-state index in [1.54, 1.807) is 0 Å².